The SMILES string of the molecule is CCOc1c(F)c(F)c(S(=O)(=O)O)c(F)c1C(C)(C)C. The molecule has 1 N–H and O–H groups in total. The number of halogens is 3. The lowest BCUT2D eigenvalue weighted by atomic mass is 9.85. The first kappa shape index (κ1) is 16.8. The van der Waals surface area contributed by atoms with Crippen molar-refractivity contribution in [2.75, 3.05) is 6.61 Å². The van der Waals surface area contributed by atoms with Crippen molar-refractivity contribution in [2.45, 2.75) is 38.0 Å². The Balaban J connectivity index is 3.94. The molecule has 0 bridgehead atoms. The lowest BCUT2D eigenvalue weighted by molar-refractivity contribution is 0.292. The zero-order chi connectivity index (χ0) is 15.9. The van der Waals surface area contributed by atoms with Crippen LogP contribution in [0, 0.1) is 17.5 Å². The summed E-state index contributed by atoms with van der Waals surface area (Å²) in [5.74, 6) is -5.89. The van der Waals surface area contributed by atoms with Gasteiger partial charge in [-0.2, -0.15) is 12.8 Å². The van der Waals surface area contributed by atoms with Crippen LogP contribution in [0.4, 0.5) is 13.2 Å². The molecule has 1 aromatic carbocycles. The van der Waals surface area contributed by atoms with Gasteiger partial charge in [-0.3, -0.25) is 4.55 Å². The van der Waals surface area contributed by atoms with Crippen LogP contribution >= 0.6 is 0 Å². The van der Waals surface area contributed by atoms with E-state index in [-0.39, 0.29) is 6.61 Å². The van der Waals surface area contributed by atoms with Gasteiger partial charge in [-0.1, -0.05) is 20.8 Å². The summed E-state index contributed by atoms with van der Waals surface area (Å²) in [4.78, 5) is -1.71. The molecular weight excluding hydrogens is 297 g/mol. The molecule has 0 aliphatic rings. The molecule has 0 amide bonds. The monoisotopic (exact) mass is 312 g/mol. The van der Waals surface area contributed by atoms with Gasteiger partial charge in [0, 0.05) is 5.56 Å². The van der Waals surface area contributed by atoms with Crippen molar-refractivity contribution < 1.29 is 30.9 Å². The Kier molecular flexibility index (Phi) is 4.40. The normalized spacial score (nSPS) is 12.6. The number of benzene rings is 1. The van der Waals surface area contributed by atoms with Crippen molar-refractivity contribution in [2.24, 2.45) is 0 Å². The molecule has 0 atom stereocenters. The summed E-state index contributed by atoms with van der Waals surface area (Å²) in [6, 6.07) is 0. The summed E-state index contributed by atoms with van der Waals surface area (Å²) in [5.41, 5.74) is -1.52. The highest BCUT2D eigenvalue weighted by Crippen LogP contribution is 2.40. The number of rotatable bonds is 3. The number of hydrogen-bond donors (Lipinski definition) is 1. The number of ether oxygens (including phenoxy) is 1. The van der Waals surface area contributed by atoms with Gasteiger partial charge in [-0.05, 0) is 12.3 Å². The van der Waals surface area contributed by atoms with Crippen molar-refractivity contribution in [3.63, 3.8) is 0 Å². The quantitative estimate of drug-likeness (QED) is 0.688. The van der Waals surface area contributed by atoms with E-state index >= 15 is 0 Å². The van der Waals surface area contributed by atoms with E-state index in [1.54, 1.807) is 0 Å². The third-order valence-corrected chi connectivity index (χ3v) is 3.41. The fourth-order valence-electron chi connectivity index (χ4n) is 1.79. The van der Waals surface area contributed by atoms with Gasteiger partial charge in [0.1, 0.15) is 0 Å². The van der Waals surface area contributed by atoms with Gasteiger partial charge in [-0.25, -0.2) is 8.78 Å². The fraction of sp³-hybridized carbons (Fsp3) is 0.500. The van der Waals surface area contributed by atoms with Gasteiger partial charge in [0.15, 0.2) is 22.3 Å². The Morgan fingerprint density at radius 2 is 1.60 bits per heavy atom. The lowest BCUT2D eigenvalue weighted by Gasteiger charge is -2.24. The van der Waals surface area contributed by atoms with Crippen molar-refractivity contribution in [1.29, 1.82) is 0 Å². The molecule has 0 radical (unpaired) electrons. The summed E-state index contributed by atoms with van der Waals surface area (Å²) in [6.45, 7) is 5.83. The molecule has 0 saturated carbocycles. The second kappa shape index (κ2) is 5.25. The Hall–Kier alpha value is -1.28. The van der Waals surface area contributed by atoms with Gasteiger partial charge in [0.05, 0.1) is 6.61 Å². The van der Waals surface area contributed by atoms with E-state index in [2.05, 4.69) is 0 Å². The molecule has 20 heavy (non-hydrogen) atoms. The van der Waals surface area contributed by atoms with Crippen LogP contribution in [0.1, 0.15) is 33.3 Å². The molecule has 1 rings (SSSR count). The molecule has 0 saturated heterocycles. The van der Waals surface area contributed by atoms with E-state index in [4.69, 9.17) is 9.29 Å². The predicted molar refractivity (Wildman–Crippen MR) is 66.0 cm³/mol. The predicted octanol–water partition coefficient (Wildman–Crippen LogP) is 3.05. The van der Waals surface area contributed by atoms with E-state index in [1.807, 2.05) is 0 Å². The zero-order valence-electron chi connectivity index (χ0n) is 11.4. The van der Waals surface area contributed by atoms with Gasteiger partial charge in [0.25, 0.3) is 0 Å². The molecule has 0 unspecified atom stereocenters. The third-order valence-electron chi connectivity index (χ3n) is 2.53. The van der Waals surface area contributed by atoms with E-state index in [9.17, 15) is 21.6 Å². The summed E-state index contributed by atoms with van der Waals surface area (Å²) in [5, 5.41) is 0. The van der Waals surface area contributed by atoms with Crippen LogP contribution in [-0.2, 0) is 15.5 Å². The largest absolute Gasteiger partial charge is 0.490 e. The third kappa shape index (κ3) is 2.90. The van der Waals surface area contributed by atoms with Crippen molar-refractivity contribution >= 4 is 10.1 Å². The highest BCUT2D eigenvalue weighted by Gasteiger charge is 2.36. The topological polar surface area (TPSA) is 63.6 Å². The average molecular weight is 312 g/mol. The molecule has 0 aliphatic heterocycles. The first-order valence-corrected chi connectivity index (χ1v) is 7.18. The molecule has 114 valence electrons. The average Bonchev–Trinajstić information content (AvgIpc) is 2.22. The number of hydrogen-bond acceptors (Lipinski definition) is 3. The maximum Gasteiger partial charge on any atom is 0.300 e. The van der Waals surface area contributed by atoms with Gasteiger partial charge in [-0.15, -0.1) is 0 Å². The Bertz CT molecular complexity index is 633. The first-order chi connectivity index (χ1) is 8.92. The standard InChI is InChI=1S/C12H15F3O4S/c1-5-19-10-6(12(2,3)4)7(13)11(20(16,17)18)9(15)8(10)14/h5H2,1-4H3,(H,16,17,18). The van der Waals surface area contributed by atoms with E-state index in [1.165, 1.54) is 27.7 Å². The highest BCUT2D eigenvalue weighted by atomic mass is 32.2. The van der Waals surface area contributed by atoms with Crippen LogP contribution < -0.4 is 4.74 Å². The minimum atomic E-state index is -5.25. The Morgan fingerprint density at radius 1 is 1.10 bits per heavy atom. The van der Waals surface area contributed by atoms with Crippen LogP contribution in [0.25, 0.3) is 0 Å². The molecular formula is C12H15F3O4S. The van der Waals surface area contributed by atoms with Crippen LogP contribution in [0.15, 0.2) is 4.90 Å². The van der Waals surface area contributed by atoms with Crippen molar-refractivity contribution in [3.8, 4) is 5.75 Å². The van der Waals surface area contributed by atoms with E-state index in [0.717, 1.165) is 0 Å². The minimum Gasteiger partial charge on any atom is -0.490 e. The molecule has 0 aliphatic carbocycles. The molecule has 1 aromatic rings. The van der Waals surface area contributed by atoms with Gasteiger partial charge >= 0.3 is 10.1 Å². The maximum atomic E-state index is 14.3. The smallest absolute Gasteiger partial charge is 0.300 e. The molecule has 8 heteroatoms. The Morgan fingerprint density at radius 3 is 1.95 bits per heavy atom. The van der Waals surface area contributed by atoms with Crippen LogP contribution in [0.3, 0.4) is 0 Å². The first-order valence-electron chi connectivity index (χ1n) is 5.74. The molecule has 0 heterocycles. The summed E-state index contributed by atoms with van der Waals surface area (Å²) in [7, 11) is -5.25. The minimum absolute atomic E-state index is 0.0654. The molecule has 4 nitrogen and oxygen atoms in total. The van der Waals surface area contributed by atoms with E-state index in [0.29, 0.717) is 0 Å². The molecule has 0 spiro atoms. The summed E-state index contributed by atoms with van der Waals surface area (Å²) in [6.07, 6.45) is 0. The van der Waals surface area contributed by atoms with E-state index < -0.39 is 49.2 Å². The summed E-state index contributed by atoms with van der Waals surface area (Å²) < 4.78 is 77.7. The van der Waals surface area contributed by atoms with Gasteiger partial charge < -0.3 is 4.74 Å². The second-order valence-electron chi connectivity index (χ2n) is 5.13. The summed E-state index contributed by atoms with van der Waals surface area (Å²) >= 11 is 0. The van der Waals surface area contributed by atoms with Crippen LogP contribution in [-0.4, -0.2) is 19.6 Å². The lowest BCUT2D eigenvalue weighted by Crippen LogP contribution is -2.21. The maximum absolute atomic E-state index is 14.3. The van der Waals surface area contributed by atoms with Crippen molar-refractivity contribution in [3.05, 3.63) is 23.0 Å². The van der Waals surface area contributed by atoms with Crippen LogP contribution in [0.2, 0.25) is 0 Å². The zero-order valence-corrected chi connectivity index (χ0v) is 12.2. The van der Waals surface area contributed by atoms with Gasteiger partial charge in [0.2, 0.25) is 5.82 Å². The molecule has 0 fully saturated rings. The Labute approximate surface area is 115 Å². The fourth-order valence-corrected chi connectivity index (χ4v) is 2.44. The van der Waals surface area contributed by atoms with Crippen LogP contribution in [0.5, 0.6) is 5.75 Å². The molecule has 0 aromatic heterocycles. The van der Waals surface area contributed by atoms with Crippen molar-refractivity contribution in [1.82, 2.24) is 0 Å². The highest BCUT2D eigenvalue weighted by molar-refractivity contribution is 7.85. The second-order valence-corrected chi connectivity index (χ2v) is 6.49.